The van der Waals surface area contributed by atoms with E-state index >= 15 is 0 Å². The third kappa shape index (κ3) is 1.90. The van der Waals surface area contributed by atoms with Gasteiger partial charge in [-0.2, -0.15) is 0 Å². The summed E-state index contributed by atoms with van der Waals surface area (Å²) < 4.78 is 0. The molecule has 0 bridgehead atoms. The Hall–Kier alpha value is -1.77. The molecule has 0 atom stereocenters. The fraction of sp³-hybridized carbons (Fsp3) is 0.400. The summed E-state index contributed by atoms with van der Waals surface area (Å²) in [6.07, 6.45) is 5.60. The minimum Gasteiger partial charge on any atom is -0.397 e. The summed E-state index contributed by atoms with van der Waals surface area (Å²) in [6.45, 7) is 3.34. The van der Waals surface area contributed by atoms with Crippen molar-refractivity contribution in [3.63, 3.8) is 0 Å². The lowest BCUT2D eigenvalue weighted by molar-refractivity contribution is 0.766. The van der Waals surface area contributed by atoms with Gasteiger partial charge in [0.2, 0.25) is 0 Å². The number of rotatable bonds is 4. The molecule has 2 aromatic rings. The Bertz CT molecular complexity index is 561. The third-order valence-corrected chi connectivity index (χ3v) is 3.54. The van der Waals surface area contributed by atoms with Crippen molar-refractivity contribution < 1.29 is 0 Å². The van der Waals surface area contributed by atoms with E-state index in [1.807, 2.05) is 18.3 Å². The fourth-order valence-electron chi connectivity index (χ4n) is 2.56. The van der Waals surface area contributed by atoms with Crippen LogP contribution in [0.25, 0.3) is 10.9 Å². The van der Waals surface area contributed by atoms with Gasteiger partial charge in [0.05, 0.1) is 11.2 Å². The van der Waals surface area contributed by atoms with Gasteiger partial charge in [-0.05, 0) is 43.5 Å². The van der Waals surface area contributed by atoms with E-state index in [2.05, 4.69) is 28.9 Å². The molecule has 1 aromatic heterocycles. The second-order valence-corrected chi connectivity index (χ2v) is 5.00. The van der Waals surface area contributed by atoms with E-state index in [4.69, 9.17) is 5.73 Å². The van der Waals surface area contributed by atoms with Gasteiger partial charge in [-0.25, -0.2) is 0 Å². The first kappa shape index (κ1) is 11.3. The summed E-state index contributed by atoms with van der Waals surface area (Å²) in [4.78, 5) is 6.93. The van der Waals surface area contributed by atoms with Crippen molar-refractivity contribution in [3.8, 4) is 0 Å². The van der Waals surface area contributed by atoms with Crippen molar-refractivity contribution in [1.82, 2.24) is 4.98 Å². The Morgan fingerprint density at radius 1 is 1.33 bits per heavy atom. The highest BCUT2D eigenvalue weighted by Crippen LogP contribution is 2.36. The summed E-state index contributed by atoms with van der Waals surface area (Å²) in [5.74, 6) is 0. The van der Waals surface area contributed by atoms with Crippen molar-refractivity contribution in [2.45, 2.75) is 32.2 Å². The van der Waals surface area contributed by atoms with Gasteiger partial charge in [0, 0.05) is 29.9 Å². The zero-order chi connectivity index (χ0) is 12.5. The van der Waals surface area contributed by atoms with Crippen molar-refractivity contribution >= 4 is 22.3 Å². The predicted molar refractivity (Wildman–Crippen MR) is 76.8 cm³/mol. The number of pyridine rings is 1. The number of benzene rings is 1. The average molecular weight is 241 g/mol. The summed E-state index contributed by atoms with van der Waals surface area (Å²) in [6, 6.07) is 8.96. The molecule has 0 aliphatic heterocycles. The molecule has 1 saturated carbocycles. The molecule has 1 aromatic carbocycles. The molecule has 3 heteroatoms. The fourth-order valence-corrected chi connectivity index (χ4v) is 2.56. The van der Waals surface area contributed by atoms with Crippen LogP contribution in [0.5, 0.6) is 0 Å². The molecule has 3 nitrogen and oxygen atoms in total. The molecule has 2 N–H and O–H groups in total. The van der Waals surface area contributed by atoms with Crippen molar-refractivity contribution in [2.75, 3.05) is 17.2 Å². The quantitative estimate of drug-likeness (QED) is 0.836. The van der Waals surface area contributed by atoms with E-state index in [1.54, 1.807) is 0 Å². The highest BCUT2D eigenvalue weighted by atomic mass is 15.2. The average Bonchev–Trinajstić information content (AvgIpc) is 3.22. The minimum atomic E-state index is 0.719. The highest BCUT2D eigenvalue weighted by Gasteiger charge is 2.29. The van der Waals surface area contributed by atoms with E-state index in [1.165, 1.54) is 30.3 Å². The Labute approximate surface area is 108 Å². The standard InChI is InChI=1S/C15H19N3/c1-2-10-18(11-5-6-11)14-8-7-13(16)15-12(14)4-3-9-17-15/h3-4,7-9,11H,2,5-6,10,16H2,1H3. The van der Waals surface area contributed by atoms with E-state index in [0.717, 1.165) is 23.8 Å². The highest BCUT2D eigenvalue weighted by molar-refractivity contribution is 5.98. The van der Waals surface area contributed by atoms with Crippen LogP contribution in [0.4, 0.5) is 11.4 Å². The minimum absolute atomic E-state index is 0.719. The lowest BCUT2D eigenvalue weighted by Gasteiger charge is -2.25. The smallest absolute Gasteiger partial charge is 0.0951 e. The number of nitrogens with two attached hydrogens (primary N) is 1. The second kappa shape index (κ2) is 4.48. The molecule has 1 fully saturated rings. The first-order valence-electron chi connectivity index (χ1n) is 6.71. The first-order valence-corrected chi connectivity index (χ1v) is 6.71. The second-order valence-electron chi connectivity index (χ2n) is 5.00. The monoisotopic (exact) mass is 241 g/mol. The van der Waals surface area contributed by atoms with Crippen LogP contribution in [-0.2, 0) is 0 Å². The molecule has 1 aliphatic rings. The van der Waals surface area contributed by atoms with Gasteiger partial charge >= 0.3 is 0 Å². The number of aromatic nitrogens is 1. The van der Waals surface area contributed by atoms with Crippen LogP contribution in [0, 0.1) is 0 Å². The van der Waals surface area contributed by atoms with Gasteiger partial charge in [-0.3, -0.25) is 4.98 Å². The summed E-state index contributed by atoms with van der Waals surface area (Å²) >= 11 is 0. The van der Waals surface area contributed by atoms with Crippen LogP contribution in [0.3, 0.4) is 0 Å². The van der Waals surface area contributed by atoms with Crippen LogP contribution >= 0.6 is 0 Å². The molecule has 0 amide bonds. The van der Waals surface area contributed by atoms with Crippen molar-refractivity contribution in [1.29, 1.82) is 0 Å². The molecule has 1 heterocycles. The molecule has 1 aliphatic carbocycles. The summed E-state index contributed by atoms with van der Waals surface area (Å²) in [7, 11) is 0. The maximum atomic E-state index is 6.01. The number of hydrogen-bond acceptors (Lipinski definition) is 3. The van der Waals surface area contributed by atoms with Crippen LogP contribution in [-0.4, -0.2) is 17.6 Å². The predicted octanol–water partition coefficient (Wildman–Crippen LogP) is 3.20. The number of nitrogens with zero attached hydrogens (tertiary/aromatic N) is 2. The molecular formula is C15H19N3. The van der Waals surface area contributed by atoms with Crippen molar-refractivity contribution in [2.24, 2.45) is 0 Å². The van der Waals surface area contributed by atoms with Gasteiger partial charge in [0.15, 0.2) is 0 Å². The summed E-state index contributed by atoms with van der Waals surface area (Å²) in [5.41, 5.74) is 8.99. The third-order valence-electron chi connectivity index (χ3n) is 3.54. The van der Waals surface area contributed by atoms with E-state index in [0.29, 0.717) is 0 Å². The van der Waals surface area contributed by atoms with Crippen LogP contribution < -0.4 is 10.6 Å². The maximum Gasteiger partial charge on any atom is 0.0951 e. The zero-order valence-electron chi connectivity index (χ0n) is 10.8. The molecule has 18 heavy (non-hydrogen) atoms. The summed E-state index contributed by atoms with van der Waals surface area (Å²) in [5, 5.41) is 1.18. The van der Waals surface area contributed by atoms with Crippen LogP contribution in [0.1, 0.15) is 26.2 Å². The molecule has 0 unspecified atom stereocenters. The number of hydrogen-bond donors (Lipinski definition) is 1. The first-order chi connectivity index (χ1) is 8.81. The SMILES string of the molecule is CCCN(c1ccc(N)c2ncccc12)C1CC1. The maximum absolute atomic E-state index is 6.01. The molecule has 0 spiro atoms. The van der Waals surface area contributed by atoms with E-state index < -0.39 is 0 Å². The Morgan fingerprint density at radius 2 is 2.17 bits per heavy atom. The van der Waals surface area contributed by atoms with E-state index in [9.17, 15) is 0 Å². The van der Waals surface area contributed by atoms with Crippen LogP contribution in [0.2, 0.25) is 0 Å². The van der Waals surface area contributed by atoms with Gasteiger partial charge in [0.25, 0.3) is 0 Å². The number of fused-ring (bicyclic) bond motifs is 1. The lowest BCUT2D eigenvalue weighted by atomic mass is 10.1. The number of nitrogen functional groups attached to an aromatic ring is 1. The molecule has 0 saturated heterocycles. The Balaban J connectivity index is 2.12. The zero-order valence-corrected chi connectivity index (χ0v) is 10.8. The molecule has 94 valence electrons. The van der Waals surface area contributed by atoms with Crippen molar-refractivity contribution in [3.05, 3.63) is 30.5 Å². The van der Waals surface area contributed by atoms with Gasteiger partial charge < -0.3 is 10.6 Å². The molecule has 3 rings (SSSR count). The normalized spacial score (nSPS) is 14.9. The Morgan fingerprint density at radius 3 is 2.89 bits per heavy atom. The molecule has 0 radical (unpaired) electrons. The Kier molecular flexibility index (Phi) is 2.82. The van der Waals surface area contributed by atoms with Gasteiger partial charge in [0.1, 0.15) is 0 Å². The van der Waals surface area contributed by atoms with Gasteiger partial charge in [-0.1, -0.05) is 6.92 Å². The lowest BCUT2D eigenvalue weighted by Crippen LogP contribution is -2.26. The number of anilines is 2. The van der Waals surface area contributed by atoms with Gasteiger partial charge in [-0.15, -0.1) is 0 Å². The largest absolute Gasteiger partial charge is 0.397 e. The van der Waals surface area contributed by atoms with Crippen LogP contribution in [0.15, 0.2) is 30.5 Å². The topological polar surface area (TPSA) is 42.1 Å². The molecular weight excluding hydrogens is 222 g/mol. The van der Waals surface area contributed by atoms with E-state index in [-0.39, 0.29) is 0 Å².